The number of carbonyl (C=O) groups excluding carboxylic acids is 1. The molecule has 2 aromatic rings. The number of hydrogen-bond acceptors (Lipinski definition) is 4. The number of hydrogen-bond donors (Lipinski definition) is 1. The molecule has 1 saturated heterocycles. The first-order valence-electron chi connectivity index (χ1n) is 9.98. The van der Waals surface area contributed by atoms with E-state index in [9.17, 15) is 14.7 Å². The number of aliphatic carboxylic acids is 1. The van der Waals surface area contributed by atoms with Crippen LogP contribution in [0.3, 0.4) is 0 Å². The highest BCUT2D eigenvalue weighted by Gasteiger charge is 2.27. The molecule has 8 heteroatoms. The van der Waals surface area contributed by atoms with Crippen molar-refractivity contribution in [2.75, 3.05) is 19.7 Å². The topological polar surface area (TPSA) is 66.8 Å². The van der Waals surface area contributed by atoms with Gasteiger partial charge in [0.15, 0.2) is 0 Å². The first-order chi connectivity index (χ1) is 14.9. The molecule has 0 radical (unpaired) electrons. The molecule has 0 saturated carbocycles. The average Bonchev–Trinajstić information content (AvgIpc) is 2.77. The van der Waals surface area contributed by atoms with Gasteiger partial charge >= 0.3 is 5.97 Å². The van der Waals surface area contributed by atoms with E-state index < -0.39 is 11.9 Å². The number of carbonyl (C=O) groups is 2. The van der Waals surface area contributed by atoms with Gasteiger partial charge in [-0.3, -0.25) is 9.59 Å². The normalized spacial score (nSPS) is 16.5. The van der Waals surface area contributed by atoms with Crippen LogP contribution in [-0.4, -0.2) is 41.6 Å². The molecule has 1 amide bonds. The Morgan fingerprint density at radius 1 is 1.19 bits per heavy atom. The van der Waals surface area contributed by atoms with Crippen molar-refractivity contribution in [2.45, 2.75) is 29.6 Å². The molecule has 164 valence electrons. The van der Waals surface area contributed by atoms with Crippen LogP contribution in [-0.2, 0) is 9.59 Å². The Hall–Kier alpha value is -2.15. The highest BCUT2D eigenvalue weighted by atomic mass is 35.5. The number of carboxylic acids is 1. The molecule has 31 heavy (non-hydrogen) atoms. The maximum atomic E-state index is 12.5. The molecule has 1 N–H and O–H groups in total. The molecule has 0 bridgehead atoms. The Bertz CT molecular complexity index is 996. The van der Waals surface area contributed by atoms with Gasteiger partial charge in [0.05, 0.1) is 27.5 Å². The summed E-state index contributed by atoms with van der Waals surface area (Å²) in [5, 5.41) is 9.95. The molecule has 1 heterocycles. The lowest BCUT2D eigenvalue weighted by molar-refractivity contribution is -0.144. The molecule has 3 rings (SSSR count). The molecule has 1 aliphatic rings. The maximum absolute atomic E-state index is 12.5. The lowest BCUT2D eigenvalue weighted by Gasteiger charge is -2.29. The Morgan fingerprint density at radius 3 is 2.71 bits per heavy atom. The summed E-state index contributed by atoms with van der Waals surface area (Å²) < 4.78 is 5.66. The van der Waals surface area contributed by atoms with E-state index in [0.717, 1.165) is 15.5 Å². The zero-order valence-electron chi connectivity index (χ0n) is 17.0. The second-order valence-electron chi connectivity index (χ2n) is 7.06. The molecule has 0 aliphatic carbocycles. The van der Waals surface area contributed by atoms with Gasteiger partial charge in [-0.15, -0.1) is 0 Å². The predicted octanol–water partition coefficient (Wildman–Crippen LogP) is 5.88. The van der Waals surface area contributed by atoms with Crippen molar-refractivity contribution in [2.24, 2.45) is 5.92 Å². The molecule has 1 atom stereocenters. The van der Waals surface area contributed by atoms with E-state index in [0.29, 0.717) is 41.6 Å². The quantitative estimate of drug-likeness (QED) is 0.502. The van der Waals surface area contributed by atoms with E-state index >= 15 is 0 Å². The maximum Gasteiger partial charge on any atom is 0.308 e. The van der Waals surface area contributed by atoms with E-state index in [2.05, 4.69) is 0 Å². The summed E-state index contributed by atoms with van der Waals surface area (Å²) in [6.07, 6.45) is 4.30. The smallest absolute Gasteiger partial charge is 0.308 e. The number of ether oxygens (including phenoxy) is 1. The number of benzene rings is 2. The summed E-state index contributed by atoms with van der Waals surface area (Å²) in [5.41, 5.74) is 0.620. The zero-order valence-corrected chi connectivity index (χ0v) is 19.3. The molecular formula is C23H23Cl2NO4S. The summed E-state index contributed by atoms with van der Waals surface area (Å²) in [5.74, 6) is -0.838. The second kappa shape index (κ2) is 10.9. The van der Waals surface area contributed by atoms with Gasteiger partial charge < -0.3 is 14.7 Å². The van der Waals surface area contributed by atoms with Crippen LogP contribution in [0.2, 0.25) is 10.0 Å². The van der Waals surface area contributed by atoms with Crippen molar-refractivity contribution >= 4 is 52.9 Å². The number of para-hydroxylation sites is 1. The third kappa shape index (κ3) is 5.97. The van der Waals surface area contributed by atoms with Crippen molar-refractivity contribution in [3.63, 3.8) is 0 Å². The fraction of sp³-hybridized carbons (Fsp3) is 0.304. The van der Waals surface area contributed by atoms with E-state index in [1.54, 1.807) is 17.0 Å². The zero-order chi connectivity index (χ0) is 22.4. The van der Waals surface area contributed by atoms with Crippen molar-refractivity contribution in [3.05, 3.63) is 58.1 Å². The highest BCUT2D eigenvalue weighted by Crippen LogP contribution is 2.42. The second-order valence-corrected chi connectivity index (χ2v) is 8.90. The summed E-state index contributed by atoms with van der Waals surface area (Å²) in [6, 6.07) is 11.4. The Labute approximate surface area is 196 Å². The van der Waals surface area contributed by atoms with Gasteiger partial charge in [-0.1, -0.05) is 53.2 Å². The van der Waals surface area contributed by atoms with Crippen molar-refractivity contribution < 1.29 is 19.4 Å². The van der Waals surface area contributed by atoms with E-state index in [1.807, 2.05) is 37.3 Å². The van der Waals surface area contributed by atoms with Crippen molar-refractivity contribution in [3.8, 4) is 5.75 Å². The number of halogens is 2. The van der Waals surface area contributed by atoms with Crippen LogP contribution in [0.15, 0.2) is 52.3 Å². The van der Waals surface area contributed by atoms with Gasteiger partial charge in [0, 0.05) is 24.1 Å². The van der Waals surface area contributed by atoms with Crippen LogP contribution in [0.4, 0.5) is 0 Å². The Kier molecular flexibility index (Phi) is 8.29. The average molecular weight is 480 g/mol. The third-order valence-corrected chi connectivity index (χ3v) is 7.06. The molecule has 1 aliphatic heterocycles. The fourth-order valence-corrected chi connectivity index (χ4v) is 4.84. The van der Waals surface area contributed by atoms with E-state index in [1.165, 1.54) is 17.8 Å². The number of piperidine rings is 1. The monoisotopic (exact) mass is 479 g/mol. The van der Waals surface area contributed by atoms with Crippen molar-refractivity contribution in [1.82, 2.24) is 4.90 Å². The molecule has 1 unspecified atom stereocenters. The van der Waals surface area contributed by atoms with Crippen LogP contribution in [0.5, 0.6) is 5.75 Å². The van der Waals surface area contributed by atoms with Gasteiger partial charge in [0.2, 0.25) is 5.91 Å². The van der Waals surface area contributed by atoms with Crippen LogP contribution >= 0.6 is 35.0 Å². The summed E-state index contributed by atoms with van der Waals surface area (Å²) in [7, 11) is 0. The number of carboxylic acid groups (broad SMARTS) is 1. The minimum atomic E-state index is -0.865. The minimum absolute atomic E-state index is 0.224. The molecule has 5 nitrogen and oxygen atoms in total. The molecule has 1 fully saturated rings. The van der Waals surface area contributed by atoms with E-state index in [-0.39, 0.29) is 12.5 Å². The predicted molar refractivity (Wildman–Crippen MR) is 124 cm³/mol. The van der Waals surface area contributed by atoms with Crippen LogP contribution < -0.4 is 4.74 Å². The lowest BCUT2D eigenvalue weighted by atomic mass is 9.98. The molecule has 0 spiro atoms. The third-order valence-electron chi connectivity index (χ3n) is 4.93. The summed E-state index contributed by atoms with van der Waals surface area (Å²) >= 11 is 14.4. The Balaban J connectivity index is 1.73. The van der Waals surface area contributed by atoms with E-state index in [4.69, 9.17) is 27.9 Å². The number of amides is 1. The van der Waals surface area contributed by atoms with Gasteiger partial charge in [-0.2, -0.15) is 0 Å². The Morgan fingerprint density at radius 2 is 1.97 bits per heavy atom. The van der Waals surface area contributed by atoms with Gasteiger partial charge in [-0.25, -0.2) is 0 Å². The highest BCUT2D eigenvalue weighted by molar-refractivity contribution is 7.99. The van der Waals surface area contributed by atoms with Crippen LogP contribution in [0.25, 0.3) is 6.08 Å². The first kappa shape index (κ1) is 23.5. The number of likely N-dealkylation sites (tertiary alicyclic amines) is 1. The van der Waals surface area contributed by atoms with Crippen LogP contribution in [0, 0.1) is 5.92 Å². The number of rotatable bonds is 7. The summed E-state index contributed by atoms with van der Waals surface area (Å²) in [6.45, 7) is 3.27. The molecule has 0 aromatic heterocycles. The largest absolute Gasteiger partial charge is 0.493 e. The SMILES string of the molecule is CCOc1ccccc1Sc1ccc(C=CC(=O)N2CCCC(C(=O)O)C2)c(Cl)c1Cl. The van der Waals surface area contributed by atoms with Crippen LogP contribution in [0.1, 0.15) is 25.3 Å². The lowest BCUT2D eigenvalue weighted by Crippen LogP contribution is -2.41. The fourth-order valence-electron chi connectivity index (χ4n) is 3.33. The van der Waals surface area contributed by atoms with Gasteiger partial charge in [0.25, 0.3) is 0 Å². The molecular weight excluding hydrogens is 457 g/mol. The number of nitrogens with zero attached hydrogens (tertiary/aromatic N) is 1. The summed E-state index contributed by atoms with van der Waals surface area (Å²) in [4.78, 5) is 27.0. The van der Waals surface area contributed by atoms with Crippen molar-refractivity contribution in [1.29, 1.82) is 0 Å². The standard InChI is InChI=1S/C23H23Cl2NO4S/c1-2-30-17-7-3-4-8-18(17)31-19-11-9-15(21(24)22(19)25)10-12-20(27)26-13-5-6-16(14-26)23(28)29/h3-4,7-12,16H,2,5-6,13-14H2,1H3,(H,28,29). The first-order valence-corrected chi connectivity index (χ1v) is 11.6. The minimum Gasteiger partial charge on any atom is -0.493 e. The van der Waals surface area contributed by atoms with Gasteiger partial charge in [-0.05, 0) is 49.6 Å². The molecule has 2 aromatic carbocycles. The van der Waals surface area contributed by atoms with Gasteiger partial charge in [0.1, 0.15) is 5.75 Å².